The summed E-state index contributed by atoms with van der Waals surface area (Å²) in [6.45, 7) is 4.45. The van der Waals surface area contributed by atoms with Crippen molar-refractivity contribution < 1.29 is 9.53 Å². The maximum Gasteiger partial charge on any atom is 0.257 e. The number of nitrogens with one attached hydrogen (secondary N) is 1. The van der Waals surface area contributed by atoms with E-state index in [1.807, 2.05) is 66.9 Å². The molecule has 1 amide bonds. The molecular formula is C23H25N5O2. The Hall–Kier alpha value is -3.61. The van der Waals surface area contributed by atoms with Crippen LogP contribution < -0.4 is 15.8 Å². The lowest BCUT2D eigenvalue weighted by Crippen LogP contribution is -2.32. The lowest BCUT2D eigenvalue weighted by Gasteiger charge is -2.12. The van der Waals surface area contributed by atoms with Crippen LogP contribution in [0.1, 0.15) is 36.2 Å². The summed E-state index contributed by atoms with van der Waals surface area (Å²) in [6, 6.07) is 15.4. The number of carbonyl (C=O) groups is 1. The normalized spacial score (nSPS) is 12.2. The van der Waals surface area contributed by atoms with Crippen LogP contribution in [-0.2, 0) is 6.54 Å². The van der Waals surface area contributed by atoms with Gasteiger partial charge in [-0.15, -0.1) is 0 Å². The first-order chi connectivity index (χ1) is 14.5. The van der Waals surface area contributed by atoms with Crippen LogP contribution in [0, 0.1) is 0 Å². The third kappa shape index (κ3) is 3.54. The van der Waals surface area contributed by atoms with E-state index in [2.05, 4.69) is 5.32 Å². The second-order valence-electron chi connectivity index (χ2n) is 7.36. The van der Waals surface area contributed by atoms with Gasteiger partial charge in [0.1, 0.15) is 22.6 Å². The number of rotatable bonds is 6. The molecule has 3 N–H and O–H groups in total. The van der Waals surface area contributed by atoms with E-state index in [0.29, 0.717) is 29.1 Å². The first-order valence-electron chi connectivity index (χ1n) is 10.00. The number of fused-ring (bicyclic) bond motifs is 2. The third-order valence-electron chi connectivity index (χ3n) is 5.31. The zero-order valence-corrected chi connectivity index (χ0v) is 17.3. The molecule has 0 aliphatic rings. The minimum atomic E-state index is -0.232. The lowest BCUT2D eigenvalue weighted by atomic mass is 10.2. The zero-order valence-electron chi connectivity index (χ0n) is 17.3. The minimum Gasteiger partial charge on any atom is -0.497 e. The minimum absolute atomic E-state index is 0.0327. The number of nitrogen functional groups attached to an aromatic ring is 1. The Labute approximate surface area is 174 Å². The van der Waals surface area contributed by atoms with Gasteiger partial charge in [-0.1, -0.05) is 31.2 Å². The highest BCUT2D eigenvalue weighted by molar-refractivity contribution is 6.10. The van der Waals surface area contributed by atoms with Crippen molar-refractivity contribution in [1.29, 1.82) is 0 Å². The van der Waals surface area contributed by atoms with Crippen molar-refractivity contribution in [3.05, 3.63) is 59.7 Å². The highest BCUT2D eigenvalue weighted by Gasteiger charge is 2.24. The van der Waals surface area contributed by atoms with Gasteiger partial charge in [0.2, 0.25) is 0 Å². The Balaban J connectivity index is 1.88. The van der Waals surface area contributed by atoms with Gasteiger partial charge >= 0.3 is 0 Å². The van der Waals surface area contributed by atoms with Gasteiger partial charge < -0.3 is 20.4 Å². The molecule has 0 aliphatic carbocycles. The van der Waals surface area contributed by atoms with Gasteiger partial charge in [-0.3, -0.25) is 4.79 Å². The number of benzene rings is 2. The summed E-state index contributed by atoms with van der Waals surface area (Å²) < 4.78 is 7.09. The second kappa shape index (κ2) is 8.02. The number of amides is 1. The first-order valence-corrected chi connectivity index (χ1v) is 10.00. The molecule has 0 radical (unpaired) electrons. The molecule has 2 heterocycles. The third-order valence-corrected chi connectivity index (χ3v) is 5.31. The van der Waals surface area contributed by atoms with Crippen LogP contribution >= 0.6 is 0 Å². The van der Waals surface area contributed by atoms with Gasteiger partial charge in [0.15, 0.2) is 5.65 Å². The number of hydrogen-bond donors (Lipinski definition) is 2. The van der Waals surface area contributed by atoms with Crippen LogP contribution in [0.5, 0.6) is 5.75 Å². The summed E-state index contributed by atoms with van der Waals surface area (Å²) in [4.78, 5) is 22.6. The molecule has 0 fully saturated rings. The molecule has 0 saturated carbocycles. The number of nitrogens with zero attached hydrogens (tertiary/aromatic N) is 3. The fraction of sp³-hybridized carbons (Fsp3) is 0.261. The molecule has 0 saturated heterocycles. The summed E-state index contributed by atoms with van der Waals surface area (Å²) in [5.74, 6) is 0.908. The summed E-state index contributed by atoms with van der Waals surface area (Å²) in [7, 11) is 1.63. The molecule has 1 atom stereocenters. The highest BCUT2D eigenvalue weighted by Crippen LogP contribution is 2.29. The Kier molecular flexibility index (Phi) is 5.27. The lowest BCUT2D eigenvalue weighted by molar-refractivity contribution is 0.0941. The van der Waals surface area contributed by atoms with Gasteiger partial charge in [-0.05, 0) is 43.2 Å². The summed E-state index contributed by atoms with van der Waals surface area (Å²) in [5.41, 5.74) is 10.5. The van der Waals surface area contributed by atoms with Crippen LogP contribution in [0.2, 0.25) is 0 Å². The fourth-order valence-corrected chi connectivity index (χ4v) is 3.41. The largest absolute Gasteiger partial charge is 0.497 e. The van der Waals surface area contributed by atoms with E-state index in [0.717, 1.165) is 28.8 Å². The van der Waals surface area contributed by atoms with Gasteiger partial charge in [-0.2, -0.15) is 0 Å². The standard InChI is InChI=1S/C23H25N5O2/c1-4-14(2)25-23(29)19-20-22(27-18-8-6-5-7-17(18)26-20)28(21(19)24)13-15-9-11-16(30-3)12-10-15/h5-12,14H,4,13,24H2,1-3H3,(H,25,29). The topological polar surface area (TPSA) is 95.1 Å². The number of para-hydroxylation sites is 2. The molecule has 7 nitrogen and oxygen atoms in total. The van der Waals surface area contributed by atoms with Crippen molar-refractivity contribution in [1.82, 2.24) is 19.9 Å². The molecule has 2 aromatic heterocycles. The van der Waals surface area contributed by atoms with Crippen molar-refractivity contribution in [2.24, 2.45) is 0 Å². The van der Waals surface area contributed by atoms with Crippen molar-refractivity contribution in [3.63, 3.8) is 0 Å². The Morgan fingerprint density at radius 2 is 1.80 bits per heavy atom. The van der Waals surface area contributed by atoms with E-state index in [-0.39, 0.29) is 11.9 Å². The number of anilines is 1. The van der Waals surface area contributed by atoms with Crippen molar-refractivity contribution in [3.8, 4) is 5.75 Å². The Morgan fingerprint density at radius 3 is 2.43 bits per heavy atom. The van der Waals surface area contributed by atoms with Crippen LogP contribution in [0.4, 0.5) is 5.82 Å². The summed E-state index contributed by atoms with van der Waals surface area (Å²) in [6.07, 6.45) is 0.824. The Morgan fingerprint density at radius 1 is 1.13 bits per heavy atom. The van der Waals surface area contributed by atoms with Crippen LogP contribution in [0.3, 0.4) is 0 Å². The van der Waals surface area contributed by atoms with E-state index in [1.165, 1.54) is 0 Å². The first kappa shape index (κ1) is 19.7. The number of aromatic nitrogens is 3. The molecular weight excluding hydrogens is 378 g/mol. The van der Waals surface area contributed by atoms with Gasteiger partial charge in [0, 0.05) is 6.04 Å². The number of carbonyl (C=O) groups excluding carboxylic acids is 1. The second-order valence-corrected chi connectivity index (χ2v) is 7.36. The molecule has 2 aromatic carbocycles. The molecule has 4 rings (SSSR count). The highest BCUT2D eigenvalue weighted by atomic mass is 16.5. The summed E-state index contributed by atoms with van der Waals surface area (Å²) in [5, 5.41) is 3.00. The van der Waals surface area contributed by atoms with E-state index in [4.69, 9.17) is 20.4 Å². The molecule has 0 aliphatic heterocycles. The van der Waals surface area contributed by atoms with E-state index >= 15 is 0 Å². The summed E-state index contributed by atoms with van der Waals surface area (Å²) >= 11 is 0. The van der Waals surface area contributed by atoms with Gasteiger partial charge in [0.05, 0.1) is 24.7 Å². The van der Waals surface area contributed by atoms with Crippen molar-refractivity contribution in [2.75, 3.05) is 12.8 Å². The van der Waals surface area contributed by atoms with Crippen molar-refractivity contribution >= 4 is 33.9 Å². The van der Waals surface area contributed by atoms with Crippen LogP contribution in [-0.4, -0.2) is 33.6 Å². The van der Waals surface area contributed by atoms with E-state index < -0.39 is 0 Å². The Bertz CT molecular complexity index is 1210. The average molecular weight is 403 g/mol. The van der Waals surface area contributed by atoms with Gasteiger partial charge in [0.25, 0.3) is 5.91 Å². The zero-order chi connectivity index (χ0) is 21.3. The average Bonchev–Trinajstić information content (AvgIpc) is 3.03. The molecule has 4 aromatic rings. The number of ether oxygens (including phenoxy) is 1. The maximum absolute atomic E-state index is 13.0. The molecule has 0 bridgehead atoms. The van der Waals surface area contributed by atoms with Crippen molar-refractivity contribution in [2.45, 2.75) is 32.9 Å². The molecule has 154 valence electrons. The molecule has 7 heteroatoms. The maximum atomic E-state index is 13.0. The van der Waals surface area contributed by atoms with E-state index in [9.17, 15) is 4.79 Å². The molecule has 0 spiro atoms. The van der Waals surface area contributed by atoms with Crippen LogP contribution in [0.25, 0.3) is 22.2 Å². The number of nitrogens with two attached hydrogens (primary N) is 1. The van der Waals surface area contributed by atoms with E-state index in [1.54, 1.807) is 7.11 Å². The number of hydrogen-bond acceptors (Lipinski definition) is 5. The molecule has 1 unspecified atom stereocenters. The predicted octanol–water partition coefficient (Wildman–Crippen LogP) is 3.75. The van der Waals surface area contributed by atoms with Gasteiger partial charge in [-0.25, -0.2) is 9.97 Å². The fourth-order valence-electron chi connectivity index (χ4n) is 3.41. The monoisotopic (exact) mass is 403 g/mol. The quantitative estimate of drug-likeness (QED) is 0.511. The molecule has 30 heavy (non-hydrogen) atoms. The SMILES string of the molecule is CCC(C)NC(=O)c1c(N)n(Cc2ccc(OC)cc2)c2nc3ccccc3nc12. The number of methoxy groups -OCH3 is 1. The smallest absolute Gasteiger partial charge is 0.257 e. The predicted molar refractivity (Wildman–Crippen MR) is 119 cm³/mol. The van der Waals surface area contributed by atoms with Crippen LogP contribution in [0.15, 0.2) is 48.5 Å².